The summed E-state index contributed by atoms with van der Waals surface area (Å²) in [6.07, 6.45) is 0.642. The Morgan fingerprint density at radius 1 is 1.40 bits per heavy atom. The van der Waals surface area contributed by atoms with Gasteiger partial charge in [0.1, 0.15) is 5.92 Å². The van der Waals surface area contributed by atoms with E-state index in [2.05, 4.69) is 0 Å². The van der Waals surface area contributed by atoms with Gasteiger partial charge < -0.3 is 4.90 Å². The highest BCUT2D eigenvalue weighted by molar-refractivity contribution is 5.98. The van der Waals surface area contributed by atoms with Gasteiger partial charge in [0.05, 0.1) is 6.07 Å². The largest absolute Gasteiger partial charge is 0.311 e. The zero-order chi connectivity index (χ0) is 10.8. The summed E-state index contributed by atoms with van der Waals surface area (Å²) in [5.41, 5.74) is 2.06. The number of nitrogens with zero attached hydrogens (tertiary/aromatic N) is 2. The van der Waals surface area contributed by atoms with Gasteiger partial charge in [0.25, 0.3) is 0 Å². The first kappa shape index (κ1) is 9.72. The zero-order valence-electron chi connectivity index (χ0n) is 8.60. The Kier molecular flexibility index (Phi) is 2.42. The Bertz CT molecular complexity index is 416. The fraction of sp³-hybridized carbons (Fsp3) is 0.333. The summed E-state index contributed by atoms with van der Waals surface area (Å²) in [5.74, 6) is -0.521. The van der Waals surface area contributed by atoms with Crippen LogP contribution in [0.5, 0.6) is 0 Å². The van der Waals surface area contributed by atoms with Gasteiger partial charge in [0.2, 0.25) is 5.91 Å². The summed E-state index contributed by atoms with van der Waals surface area (Å²) in [4.78, 5) is 13.4. The van der Waals surface area contributed by atoms with Crippen molar-refractivity contribution in [2.24, 2.45) is 5.92 Å². The van der Waals surface area contributed by atoms with Crippen LogP contribution >= 0.6 is 0 Å². The number of amides is 1. The van der Waals surface area contributed by atoms with Crippen molar-refractivity contribution in [3.8, 4) is 6.07 Å². The second-order valence-electron chi connectivity index (χ2n) is 3.80. The molecule has 1 aliphatic heterocycles. The third-order valence-electron chi connectivity index (χ3n) is 2.71. The fourth-order valence-corrected chi connectivity index (χ4v) is 1.78. The lowest BCUT2D eigenvalue weighted by atomic mass is 10.1. The topological polar surface area (TPSA) is 44.1 Å². The summed E-state index contributed by atoms with van der Waals surface area (Å²) in [6, 6.07) is 9.83. The molecule has 1 heterocycles. The van der Waals surface area contributed by atoms with Crippen LogP contribution in [0.3, 0.4) is 0 Å². The lowest BCUT2D eigenvalue weighted by Gasteiger charge is -2.15. The average molecular weight is 200 g/mol. The maximum atomic E-state index is 11.7. The number of aryl methyl sites for hydroxylation is 1. The highest BCUT2D eigenvalue weighted by Gasteiger charge is 2.32. The molecule has 1 fully saturated rings. The molecule has 0 unspecified atom stereocenters. The maximum Gasteiger partial charge on any atom is 0.244 e. The van der Waals surface area contributed by atoms with Crippen molar-refractivity contribution in [1.29, 1.82) is 5.26 Å². The predicted molar refractivity (Wildman–Crippen MR) is 57.3 cm³/mol. The molecule has 0 saturated carbocycles. The lowest BCUT2D eigenvalue weighted by Crippen LogP contribution is -2.26. The van der Waals surface area contributed by atoms with Crippen molar-refractivity contribution in [1.82, 2.24) is 0 Å². The number of hydrogen-bond donors (Lipinski definition) is 0. The van der Waals surface area contributed by atoms with Crippen LogP contribution in [0, 0.1) is 24.2 Å². The summed E-state index contributed by atoms with van der Waals surface area (Å²) in [7, 11) is 0. The van der Waals surface area contributed by atoms with E-state index in [1.54, 1.807) is 4.90 Å². The molecule has 0 bridgehead atoms. The Morgan fingerprint density at radius 3 is 2.60 bits per heavy atom. The first-order valence-corrected chi connectivity index (χ1v) is 5.00. The molecule has 1 saturated heterocycles. The molecule has 3 heteroatoms. The Labute approximate surface area is 88.9 Å². The zero-order valence-corrected chi connectivity index (χ0v) is 8.60. The van der Waals surface area contributed by atoms with Crippen molar-refractivity contribution in [3.63, 3.8) is 0 Å². The number of anilines is 1. The molecule has 1 amide bonds. The number of nitriles is 1. The molecule has 0 aliphatic carbocycles. The molecule has 0 N–H and O–H groups in total. The van der Waals surface area contributed by atoms with Gasteiger partial charge in [-0.1, -0.05) is 17.7 Å². The van der Waals surface area contributed by atoms with Gasteiger partial charge in [-0.3, -0.25) is 4.79 Å². The smallest absolute Gasteiger partial charge is 0.244 e. The van der Waals surface area contributed by atoms with Gasteiger partial charge in [-0.15, -0.1) is 0 Å². The van der Waals surface area contributed by atoms with Crippen molar-refractivity contribution in [3.05, 3.63) is 29.8 Å². The van der Waals surface area contributed by atoms with E-state index < -0.39 is 5.92 Å². The van der Waals surface area contributed by atoms with E-state index in [0.717, 1.165) is 5.69 Å². The molecule has 0 spiro atoms. The predicted octanol–water partition coefficient (Wildman–Crippen LogP) is 1.87. The van der Waals surface area contributed by atoms with Gasteiger partial charge in [-0.2, -0.15) is 5.26 Å². The van der Waals surface area contributed by atoms with Crippen LogP contribution in [0.4, 0.5) is 5.69 Å². The van der Waals surface area contributed by atoms with Gasteiger partial charge in [-0.25, -0.2) is 0 Å². The third kappa shape index (κ3) is 1.71. The van der Waals surface area contributed by atoms with Crippen LogP contribution in [0.15, 0.2) is 24.3 Å². The van der Waals surface area contributed by atoms with Crippen LogP contribution in [-0.2, 0) is 4.79 Å². The first-order chi connectivity index (χ1) is 7.22. The van der Waals surface area contributed by atoms with Crippen LogP contribution in [0.1, 0.15) is 12.0 Å². The van der Waals surface area contributed by atoms with Crippen LogP contribution in [-0.4, -0.2) is 12.5 Å². The molecule has 1 aromatic carbocycles. The minimum atomic E-state index is -0.452. The molecular formula is C12H12N2O. The number of carbonyl (C=O) groups excluding carboxylic acids is 1. The lowest BCUT2D eigenvalue weighted by molar-refractivity contribution is -0.118. The summed E-state index contributed by atoms with van der Waals surface area (Å²) in [6.45, 7) is 2.66. The second kappa shape index (κ2) is 3.74. The minimum absolute atomic E-state index is 0.0682. The maximum absolute atomic E-state index is 11.7. The summed E-state index contributed by atoms with van der Waals surface area (Å²) >= 11 is 0. The first-order valence-electron chi connectivity index (χ1n) is 5.00. The van der Waals surface area contributed by atoms with E-state index >= 15 is 0 Å². The number of benzene rings is 1. The van der Waals surface area contributed by atoms with E-state index in [-0.39, 0.29) is 5.91 Å². The number of rotatable bonds is 1. The van der Waals surface area contributed by atoms with E-state index in [0.29, 0.717) is 13.0 Å². The molecule has 1 aliphatic rings. The fourth-order valence-electron chi connectivity index (χ4n) is 1.78. The SMILES string of the molecule is Cc1ccc(N2CC[C@@H](C#N)C2=O)cc1. The number of carbonyl (C=O) groups is 1. The van der Waals surface area contributed by atoms with Crippen LogP contribution in [0.25, 0.3) is 0 Å². The van der Waals surface area contributed by atoms with E-state index in [4.69, 9.17) is 5.26 Å². The van der Waals surface area contributed by atoms with Crippen molar-refractivity contribution >= 4 is 11.6 Å². The Hall–Kier alpha value is -1.82. The molecule has 1 aromatic rings. The van der Waals surface area contributed by atoms with Gasteiger partial charge in [-0.05, 0) is 25.5 Å². The van der Waals surface area contributed by atoms with Gasteiger partial charge in [0, 0.05) is 12.2 Å². The summed E-state index contributed by atoms with van der Waals surface area (Å²) < 4.78 is 0. The third-order valence-corrected chi connectivity index (χ3v) is 2.71. The molecule has 3 nitrogen and oxygen atoms in total. The molecule has 76 valence electrons. The van der Waals surface area contributed by atoms with E-state index in [1.807, 2.05) is 37.3 Å². The van der Waals surface area contributed by atoms with E-state index in [9.17, 15) is 4.79 Å². The Morgan fingerprint density at radius 2 is 2.07 bits per heavy atom. The Balaban J connectivity index is 2.23. The average Bonchev–Trinajstić information content (AvgIpc) is 2.61. The van der Waals surface area contributed by atoms with Crippen molar-refractivity contribution in [2.45, 2.75) is 13.3 Å². The quantitative estimate of drug-likeness (QED) is 0.694. The standard InChI is InChI=1S/C12H12N2O/c1-9-2-4-11(5-3-9)14-7-6-10(8-13)12(14)15/h2-5,10H,6-7H2,1H3/t10-/m0/s1. The monoisotopic (exact) mass is 200 g/mol. The number of hydrogen-bond acceptors (Lipinski definition) is 2. The molecule has 0 radical (unpaired) electrons. The van der Waals surface area contributed by atoms with Crippen LogP contribution in [0.2, 0.25) is 0 Å². The highest BCUT2D eigenvalue weighted by Crippen LogP contribution is 2.24. The highest BCUT2D eigenvalue weighted by atomic mass is 16.2. The molecule has 1 atom stereocenters. The molecule has 0 aromatic heterocycles. The van der Waals surface area contributed by atoms with Crippen LogP contribution < -0.4 is 4.90 Å². The molecule has 15 heavy (non-hydrogen) atoms. The van der Waals surface area contributed by atoms with Gasteiger partial charge >= 0.3 is 0 Å². The van der Waals surface area contributed by atoms with Crippen molar-refractivity contribution in [2.75, 3.05) is 11.4 Å². The summed E-state index contributed by atoms with van der Waals surface area (Å²) in [5, 5.41) is 8.75. The second-order valence-corrected chi connectivity index (χ2v) is 3.80. The molecule has 2 rings (SSSR count). The van der Waals surface area contributed by atoms with E-state index in [1.165, 1.54) is 5.56 Å². The molecular weight excluding hydrogens is 188 g/mol. The van der Waals surface area contributed by atoms with Crippen molar-refractivity contribution < 1.29 is 4.79 Å². The normalized spacial score (nSPS) is 20.4. The minimum Gasteiger partial charge on any atom is -0.311 e. The van der Waals surface area contributed by atoms with Gasteiger partial charge in [0.15, 0.2) is 0 Å².